The van der Waals surface area contributed by atoms with Gasteiger partial charge in [-0.3, -0.25) is 29.0 Å². The number of likely N-dealkylation sites (tertiary alicyclic amines) is 1. The van der Waals surface area contributed by atoms with Crippen molar-refractivity contribution in [2.45, 2.75) is 230 Å². The van der Waals surface area contributed by atoms with Crippen molar-refractivity contribution in [2.24, 2.45) is 11.8 Å². The van der Waals surface area contributed by atoms with Gasteiger partial charge < -0.3 is 59.5 Å². The number of rotatable bonds is 18. The normalized spacial score (nSPS) is 25.8. The Morgan fingerprint density at radius 3 is 1.92 bits per heavy atom. The molecular weight excluding hydrogens is 1250 g/mol. The summed E-state index contributed by atoms with van der Waals surface area (Å²) in [4.78, 5) is 140. The van der Waals surface area contributed by atoms with E-state index in [1.807, 2.05) is 18.2 Å². The van der Waals surface area contributed by atoms with Crippen molar-refractivity contribution in [1.82, 2.24) is 40.9 Å². The Balaban J connectivity index is 0.000000246. The smallest absolute Gasteiger partial charge is 0.410 e. The van der Waals surface area contributed by atoms with E-state index in [9.17, 15) is 56.7 Å². The molecular formula is C70H94F2N8O16. The lowest BCUT2D eigenvalue weighted by Crippen LogP contribution is -2.56. The van der Waals surface area contributed by atoms with E-state index < -0.39 is 130 Å². The molecule has 26 heteroatoms. The summed E-state index contributed by atoms with van der Waals surface area (Å²) >= 11 is 0. The van der Waals surface area contributed by atoms with Crippen molar-refractivity contribution >= 4 is 59.9 Å². The van der Waals surface area contributed by atoms with E-state index in [4.69, 9.17) is 28.4 Å². The summed E-state index contributed by atoms with van der Waals surface area (Å²) in [7, 11) is 0. The summed E-state index contributed by atoms with van der Waals surface area (Å²) in [5, 5.41) is 11.1. The van der Waals surface area contributed by atoms with Crippen molar-refractivity contribution in [3.05, 3.63) is 108 Å². The fraction of sp³-hybridized carbons (Fsp3) is 0.600. The maximum atomic E-state index is 14.4. The van der Waals surface area contributed by atoms with Gasteiger partial charge in [0.25, 0.3) is 0 Å². The molecule has 0 radical (unpaired) electrons. The number of alkyl carbamates (subject to hydrolysis) is 2. The van der Waals surface area contributed by atoms with E-state index in [2.05, 4.69) is 34.4 Å². The third-order valence-corrected chi connectivity index (χ3v) is 18.0. The lowest BCUT2D eigenvalue weighted by atomic mass is 10.0. The van der Waals surface area contributed by atoms with E-state index in [-0.39, 0.29) is 83.6 Å². The number of nitrogens with zero attached hydrogens (tertiary/aromatic N) is 4. The van der Waals surface area contributed by atoms with Crippen molar-refractivity contribution in [2.75, 3.05) is 26.3 Å². The largest absolute Gasteiger partial charge is 0.464 e. The summed E-state index contributed by atoms with van der Waals surface area (Å²) in [6.45, 7) is 21.5. The second kappa shape index (κ2) is 31.5. The van der Waals surface area contributed by atoms with Gasteiger partial charge in [0.1, 0.15) is 70.3 Å². The summed E-state index contributed by atoms with van der Waals surface area (Å²) in [5.74, 6) is -4.85. The van der Waals surface area contributed by atoms with Gasteiger partial charge in [0.2, 0.25) is 23.6 Å². The van der Waals surface area contributed by atoms with Crippen molar-refractivity contribution < 1.29 is 85.1 Å². The molecule has 4 N–H and O–H groups in total. The number of hydrogen-bond donors (Lipinski definition) is 4. The quantitative estimate of drug-likeness (QED) is 0.0468. The van der Waals surface area contributed by atoms with Crippen LogP contribution in [0.25, 0.3) is 0 Å². The molecule has 24 nitrogen and oxygen atoms in total. The second-order valence-electron chi connectivity index (χ2n) is 27.6. The summed E-state index contributed by atoms with van der Waals surface area (Å²) in [6.07, 6.45) is 9.80. The van der Waals surface area contributed by atoms with Crippen LogP contribution in [0.5, 0.6) is 0 Å². The van der Waals surface area contributed by atoms with Gasteiger partial charge in [0, 0.05) is 48.9 Å². The highest BCUT2D eigenvalue weighted by Crippen LogP contribution is 2.47. The Labute approximate surface area is 559 Å². The minimum Gasteiger partial charge on any atom is -0.464 e. The zero-order valence-corrected chi connectivity index (χ0v) is 56.4. The standard InChI is InChI=1S/C36H49FN4O8.C34H45FN4O8/c1-7-10-11-12-13-17-28(38-33(45)49-35(4,5)6)31(43)41-21-25(48-34(46)40-20-23-15-14-16-27(37)26(23)22-40)18-29(41)30(42)39-36(19-24(36)8-2)32(44)47-9-3;1-5-45-30(42)34-17-22(34)13-9-7-6-8-10-15-26(36-31(43)47-33(2,3)4)29(41)39-19-23(16-27(39)28(40)37-34)46-32(44)38-18-21-12-11-14-25(35)24(21)20-38/h7-8,14-16,24-25,28-29H,1-2,9-13,17-22H2,3-6H3,(H,38,45)(H,39,42);9,11-14,22-23,26-27H,5-8,10,15-20H2,1-4H3,(H,36,43)(H,37,40)/b;13-9+/t24-,25?,28+,29+,36-;22-,23?,26+,27+,34-/m11/s1. The van der Waals surface area contributed by atoms with E-state index in [1.165, 1.54) is 31.7 Å². The number of hydrogen-bond acceptors (Lipinski definition) is 16. The van der Waals surface area contributed by atoms with Crippen LogP contribution >= 0.6 is 0 Å². The fourth-order valence-electron chi connectivity index (χ4n) is 13.0. The number of unbranched alkanes of at least 4 members (excludes halogenated alkanes) is 3. The van der Waals surface area contributed by atoms with E-state index in [0.717, 1.165) is 38.5 Å². The summed E-state index contributed by atoms with van der Waals surface area (Å²) in [5.41, 5.74) is -2.00. The van der Waals surface area contributed by atoms with Gasteiger partial charge in [-0.15, -0.1) is 13.2 Å². The highest BCUT2D eigenvalue weighted by molar-refractivity contribution is 5.98. The van der Waals surface area contributed by atoms with Crippen LogP contribution in [0, 0.1) is 23.5 Å². The molecule has 524 valence electrons. The molecule has 9 rings (SSSR count). The summed E-state index contributed by atoms with van der Waals surface area (Å²) < 4.78 is 61.8. The zero-order valence-electron chi connectivity index (χ0n) is 56.4. The number of allylic oxidation sites excluding steroid dienone is 2. The SMILES string of the molecule is C=CCCCCC[C@H](NC(=O)OC(C)(C)C)C(=O)N1CC(OC(=O)N2Cc3cccc(F)c3C2)C[C@H]1C(=O)N[C@]1(C(=O)OCC)C[C@H]1C=C.CCOC(=O)[C@@]12C[C@H]1/C=C/CCCCC[C@H](NC(=O)OC(C)(C)C)C(=O)N1CC(OC(=O)N3Cc4cccc(F)c4C3)C[C@H]1C(=O)N2. The number of ether oxygens (including phenoxy) is 6. The molecule has 2 saturated heterocycles. The molecule has 2 aliphatic carbocycles. The highest BCUT2D eigenvalue weighted by atomic mass is 19.1. The van der Waals surface area contributed by atoms with Crippen LogP contribution in [0.4, 0.5) is 28.0 Å². The molecule has 5 heterocycles. The predicted molar refractivity (Wildman–Crippen MR) is 345 cm³/mol. The Morgan fingerprint density at radius 2 is 1.34 bits per heavy atom. The van der Waals surface area contributed by atoms with Gasteiger partial charge >= 0.3 is 36.3 Å². The molecule has 2 saturated carbocycles. The van der Waals surface area contributed by atoms with Crippen molar-refractivity contribution in [3.63, 3.8) is 0 Å². The minimum absolute atomic E-state index is 0.0266. The number of fused-ring (bicyclic) bond motifs is 4. The maximum Gasteiger partial charge on any atom is 0.410 e. The topological polar surface area (TPSA) is 287 Å². The Morgan fingerprint density at radius 1 is 0.740 bits per heavy atom. The molecule has 4 fully saturated rings. The predicted octanol–water partition coefficient (Wildman–Crippen LogP) is 9.00. The Hall–Kier alpha value is -8.58. The highest BCUT2D eigenvalue weighted by Gasteiger charge is 2.63. The van der Waals surface area contributed by atoms with E-state index in [0.29, 0.717) is 54.4 Å². The molecule has 8 amide bonds. The van der Waals surface area contributed by atoms with E-state index >= 15 is 0 Å². The average Bonchev–Trinajstić information content (AvgIpc) is 1.59. The lowest BCUT2D eigenvalue weighted by molar-refractivity contribution is -0.150. The number of carbonyl (C=O) groups is 10. The lowest BCUT2D eigenvalue weighted by Gasteiger charge is -2.30. The number of amides is 8. The number of esters is 2. The van der Waals surface area contributed by atoms with Crippen LogP contribution < -0.4 is 21.3 Å². The number of carbonyl (C=O) groups excluding carboxylic acids is 10. The maximum absolute atomic E-state index is 14.4. The van der Waals surface area contributed by atoms with Crippen LogP contribution in [-0.4, -0.2) is 164 Å². The first-order chi connectivity index (χ1) is 45.5. The molecule has 2 aromatic rings. The second-order valence-corrected chi connectivity index (χ2v) is 27.6. The summed E-state index contributed by atoms with van der Waals surface area (Å²) in [6, 6.07) is 5.04. The van der Waals surface area contributed by atoms with Gasteiger partial charge in [0.05, 0.1) is 39.4 Å². The van der Waals surface area contributed by atoms with Crippen molar-refractivity contribution in [3.8, 4) is 0 Å². The molecule has 10 atom stereocenters. The van der Waals surface area contributed by atoms with Gasteiger partial charge in [-0.1, -0.05) is 74.3 Å². The molecule has 2 unspecified atom stereocenters. The van der Waals surface area contributed by atoms with Crippen LogP contribution in [0.15, 0.2) is 73.9 Å². The number of halogens is 2. The van der Waals surface area contributed by atoms with Gasteiger partial charge in [-0.25, -0.2) is 37.5 Å². The molecule has 0 bridgehead atoms. The molecule has 5 aliphatic heterocycles. The van der Waals surface area contributed by atoms with Crippen LogP contribution in [0.1, 0.15) is 168 Å². The molecule has 0 aromatic heterocycles. The molecule has 96 heavy (non-hydrogen) atoms. The monoisotopic (exact) mass is 1340 g/mol. The van der Waals surface area contributed by atoms with Crippen LogP contribution in [0.2, 0.25) is 0 Å². The minimum atomic E-state index is -1.32. The molecule has 2 aromatic carbocycles. The Bertz CT molecular complexity index is 3300. The van der Waals surface area contributed by atoms with Crippen LogP contribution in [-0.2, 0) is 83.4 Å². The third kappa shape index (κ3) is 18.3. The average molecular weight is 1340 g/mol. The first kappa shape index (κ1) is 73.2. The van der Waals surface area contributed by atoms with E-state index in [1.54, 1.807) is 85.7 Å². The first-order valence-corrected chi connectivity index (χ1v) is 33.5. The first-order valence-electron chi connectivity index (χ1n) is 33.5. The fourth-order valence-corrected chi connectivity index (χ4v) is 13.0. The zero-order chi connectivity index (χ0) is 69.9. The van der Waals surface area contributed by atoms with Gasteiger partial charge in [0.15, 0.2) is 0 Å². The van der Waals surface area contributed by atoms with Crippen molar-refractivity contribution in [1.29, 1.82) is 0 Å². The Kier molecular flexibility index (Phi) is 24.1. The van der Waals surface area contributed by atoms with Gasteiger partial charge in [-0.2, -0.15) is 0 Å². The molecule has 7 aliphatic rings. The van der Waals surface area contributed by atoms with Gasteiger partial charge in [-0.05, 0) is 130 Å². The van der Waals surface area contributed by atoms with Crippen LogP contribution in [0.3, 0.4) is 0 Å². The third-order valence-electron chi connectivity index (χ3n) is 18.0. The molecule has 0 spiro atoms. The number of nitrogens with one attached hydrogen (secondary N) is 4. The number of benzene rings is 2.